The molecule has 4 rings (SSSR count). The highest BCUT2D eigenvalue weighted by atomic mass is 35.5. The first kappa shape index (κ1) is 22.5. The van der Waals surface area contributed by atoms with Gasteiger partial charge in [0.25, 0.3) is 0 Å². The molecule has 2 aromatic rings. The van der Waals surface area contributed by atoms with Crippen molar-refractivity contribution in [3.8, 4) is 5.75 Å². The number of hydrogen-bond donors (Lipinski definition) is 4. The van der Waals surface area contributed by atoms with Gasteiger partial charge in [-0.3, -0.25) is 0 Å². The summed E-state index contributed by atoms with van der Waals surface area (Å²) < 4.78 is 11.4. The molecule has 1 saturated heterocycles. The first-order chi connectivity index (χ1) is 14.9. The summed E-state index contributed by atoms with van der Waals surface area (Å²) in [4.78, 5) is 0. The monoisotopic (exact) mass is 448 g/mol. The predicted molar refractivity (Wildman–Crippen MR) is 117 cm³/mol. The van der Waals surface area contributed by atoms with Crippen LogP contribution in [0.4, 0.5) is 0 Å². The van der Waals surface area contributed by atoms with Gasteiger partial charge in [0.2, 0.25) is 0 Å². The topological polar surface area (TPSA) is 99.4 Å². The maximum atomic E-state index is 10.7. The summed E-state index contributed by atoms with van der Waals surface area (Å²) in [5.41, 5.74) is 4.85. The second-order valence-corrected chi connectivity index (χ2v) is 8.63. The molecule has 5 atom stereocenters. The Labute approximate surface area is 187 Å². The van der Waals surface area contributed by atoms with Gasteiger partial charge in [0.05, 0.1) is 13.2 Å². The van der Waals surface area contributed by atoms with Crippen molar-refractivity contribution in [1.82, 2.24) is 0 Å². The lowest BCUT2D eigenvalue weighted by Gasteiger charge is -2.41. The minimum atomic E-state index is -1.40. The van der Waals surface area contributed by atoms with Crippen molar-refractivity contribution >= 4 is 11.6 Å². The Kier molecular flexibility index (Phi) is 6.86. The van der Waals surface area contributed by atoms with Gasteiger partial charge in [-0.25, -0.2) is 0 Å². The van der Waals surface area contributed by atoms with Gasteiger partial charge in [-0.15, -0.1) is 0 Å². The molecule has 1 heterocycles. The van der Waals surface area contributed by atoms with E-state index in [1.54, 1.807) is 0 Å². The fourth-order valence-electron chi connectivity index (χ4n) is 4.67. The fourth-order valence-corrected chi connectivity index (χ4v) is 5.00. The molecular formula is C24H29ClO6. The van der Waals surface area contributed by atoms with Gasteiger partial charge >= 0.3 is 0 Å². The molecule has 0 radical (unpaired) electrons. The van der Waals surface area contributed by atoms with Crippen molar-refractivity contribution < 1.29 is 29.9 Å². The number of fused-ring (bicyclic) bond motifs is 1. The molecule has 0 aromatic heterocycles. The van der Waals surface area contributed by atoms with E-state index in [1.165, 1.54) is 0 Å². The van der Waals surface area contributed by atoms with Crippen molar-refractivity contribution in [2.75, 3.05) is 13.2 Å². The molecule has 2 aromatic carbocycles. The lowest BCUT2D eigenvalue weighted by Crippen LogP contribution is -2.55. The first-order valence-electron chi connectivity index (χ1n) is 10.8. The highest BCUT2D eigenvalue weighted by Crippen LogP contribution is 2.42. The molecule has 31 heavy (non-hydrogen) atoms. The third-order valence-corrected chi connectivity index (χ3v) is 6.74. The Morgan fingerprint density at radius 3 is 2.42 bits per heavy atom. The molecule has 0 saturated carbocycles. The normalized spacial score (nSPS) is 27.9. The van der Waals surface area contributed by atoms with Crippen LogP contribution in [0.25, 0.3) is 0 Å². The van der Waals surface area contributed by atoms with Crippen LogP contribution < -0.4 is 4.74 Å². The molecule has 4 N–H and O–H groups in total. The van der Waals surface area contributed by atoms with Crippen LogP contribution in [0.2, 0.25) is 5.02 Å². The molecular weight excluding hydrogens is 420 g/mol. The second-order valence-electron chi connectivity index (χ2n) is 8.25. The van der Waals surface area contributed by atoms with Crippen molar-refractivity contribution in [1.29, 1.82) is 0 Å². The van der Waals surface area contributed by atoms with Crippen molar-refractivity contribution in [3.05, 3.63) is 63.2 Å². The second kappa shape index (κ2) is 9.45. The van der Waals surface area contributed by atoms with Crippen molar-refractivity contribution in [2.24, 2.45) is 0 Å². The van der Waals surface area contributed by atoms with Crippen LogP contribution in [0.5, 0.6) is 5.75 Å². The minimum absolute atomic E-state index is 0.448. The maximum absolute atomic E-state index is 10.7. The first-order valence-corrected chi connectivity index (χ1v) is 11.2. The van der Waals surface area contributed by atoms with Gasteiger partial charge in [0.1, 0.15) is 36.3 Å². The van der Waals surface area contributed by atoms with Gasteiger partial charge in [-0.05, 0) is 72.6 Å². The Morgan fingerprint density at radius 1 is 1.03 bits per heavy atom. The number of halogens is 1. The Bertz CT molecular complexity index is 913. The van der Waals surface area contributed by atoms with E-state index in [9.17, 15) is 20.4 Å². The van der Waals surface area contributed by atoms with Gasteiger partial charge < -0.3 is 29.9 Å². The van der Waals surface area contributed by atoms with Crippen LogP contribution in [0.1, 0.15) is 47.3 Å². The van der Waals surface area contributed by atoms with E-state index in [-0.39, 0.29) is 0 Å². The molecule has 1 fully saturated rings. The molecule has 0 amide bonds. The van der Waals surface area contributed by atoms with E-state index < -0.39 is 37.1 Å². The fraction of sp³-hybridized carbons (Fsp3) is 0.500. The van der Waals surface area contributed by atoms with Gasteiger partial charge in [-0.1, -0.05) is 29.8 Å². The maximum Gasteiger partial charge on any atom is 0.119 e. The van der Waals surface area contributed by atoms with Crippen LogP contribution in [0, 0.1) is 0 Å². The molecule has 0 unspecified atom stereocenters. The molecule has 0 spiro atoms. The highest BCUT2D eigenvalue weighted by Gasteiger charge is 2.45. The largest absolute Gasteiger partial charge is 0.494 e. The quantitative estimate of drug-likeness (QED) is 0.541. The van der Waals surface area contributed by atoms with Crippen LogP contribution >= 0.6 is 11.6 Å². The average Bonchev–Trinajstić information content (AvgIpc) is 3.27. The molecule has 0 bridgehead atoms. The summed E-state index contributed by atoms with van der Waals surface area (Å²) in [6.07, 6.45) is -2.67. The summed E-state index contributed by atoms with van der Waals surface area (Å²) in [6, 6.07) is 9.80. The Morgan fingerprint density at radius 2 is 1.74 bits per heavy atom. The van der Waals surface area contributed by atoms with Crippen molar-refractivity contribution in [2.45, 2.75) is 63.1 Å². The van der Waals surface area contributed by atoms with E-state index in [0.29, 0.717) is 13.0 Å². The zero-order valence-electron chi connectivity index (χ0n) is 17.5. The third kappa shape index (κ3) is 4.33. The smallest absolute Gasteiger partial charge is 0.119 e. The van der Waals surface area contributed by atoms with E-state index in [4.69, 9.17) is 21.1 Å². The number of benzene rings is 2. The standard InChI is InChI=1S/C24H29ClO6/c1-2-30-15-8-6-13(7-9-15)10-14-11-18(16-4-3-5-17(16)20(14)25)24-23(29)22(28)21(27)19(12-26)31-24/h6-9,11,19,21-24,26-29H,2-5,10,12H2,1H3/t19-,21-,22-,23-,24+/m0/s1. The van der Waals surface area contributed by atoms with Crippen LogP contribution in [0.15, 0.2) is 30.3 Å². The summed E-state index contributed by atoms with van der Waals surface area (Å²) in [5, 5.41) is 41.4. The SMILES string of the molecule is CCOc1ccc(Cc2cc([C@H]3O[C@@H](CO)[C@H](O)[C@H](O)[C@@H]3O)c3c(c2Cl)CCC3)cc1. The number of aliphatic hydroxyl groups excluding tert-OH is 4. The van der Waals surface area contributed by atoms with Crippen LogP contribution in [0.3, 0.4) is 0 Å². The van der Waals surface area contributed by atoms with E-state index in [0.717, 1.165) is 57.9 Å². The highest BCUT2D eigenvalue weighted by molar-refractivity contribution is 6.32. The number of hydrogen-bond acceptors (Lipinski definition) is 6. The van der Waals surface area contributed by atoms with E-state index >= 15 is 0 Å². The van der Waals surface area contributed by atoms with Crippen molar-refractivity contribution in [3.63, 3.8) is 0 Å². The molecule has 6 nitrogen and oxygen atoms in total. The van der Waals surface area contributed by atoms with E-state index in [1.807, 2.05) is 37.3 Å². The molecule has 1 aliphatic heterocycles. The predicted octanol–water partition coefficient (Wildman–Crippen LogP) is 2.33. The molecule has 1 aliphatic carbocycles. The average molecular weight is 449 g/mol. The zero-order valence-corrected chi connectivity index (χ0v) is 18.3. The minimum Gasteiger partial charge on any atom is -0.494 e. The summed E-state index contributed by atoms with van der Waals surface area (Å²) in [7, 11) is 0. The van der Waals surface area contributed by atoms with Gasteiger partial charge in [0.15, 0.2) is 0 Å². The molecule has 2 aliphatic rings. The van der Waals surface area contributed by atoms with Crippen LogP contribution in [-0.4, -0.2) is 58.1 Å². The van der Waals surface area contributed by atoms with Gasteiger partial charge in [-0.2, -0.15) is 0 Å². The van der Waals surface area contributed by atoms with E-state index in [2.05, 4.69) is 0 Å². The molecule has 168 valence electrons. The molecule has 7 heteroatoms. The zero-order chi connectivity index (χ0) is 22.1. The number of aliphatic hydroxyl groups is 4. The Hall–Kier alpha value is -1.67. The number of rotatable bonds is 6. The van der Waals surface area contributed by atoms with Crippen LogP contribution in [-0.2, 0) is 24.0 Å². The summed E-state index contributed by atoms with van der Waals surface area (Å²) in [6.45, 7) is 2.10. The third-order valence-electron chi connectivity index (χ3n) is 6.27. The summed E-state index contributed by atoms with van der Waals surface area (Å²) >= 11 is 6.78. The lowest BCUT2D eigenvalue weighted by molar-refractivity contribution is -0.231. The van der Waals surface area contributed by atoms with Gasteiger partial charge in [0, 0.05) is 5.02 Å². The Balaban J connectivity index is 1.70. The summed E-state index contributed by atoms with van der Waals surface area (Å²) in [5.74, 6) is 0.813. The number of ether oxygens (including phenoxy) is 2. The lowest BCUT2D eigenvalue weighted by atomic mass is 9.86.